The molecular formula is C14H20ClN3S. The molecule has 2 heterocycles. The van der Waals surface area contributed by atoms with Crippen LogP contribution in [0.2, 0.25) is 0 Å². The largest absolute Gasteiger partial charge is 0.355 e. The number of hydrogen-bond acceptors (Lipinski definition) is 3. The number of rotatable bonds is 3. The minimum Gasteiger partial charge on any atom is -0.355 e. The smallest absolute Gasteiger partial charge is 0.195 e. The van der Waals surface area contributed by atoms with Crippen molar-refractivity contribution in [1.29, 1.82) is 0 Å². The average molecular weight is 298 g/mol. The molecule has 0 aromatic carbocycles. The van der Waals surface area contributed by atoms with Gasteiger partial charge in [0, 0.05) is 24.7 Å². The summed E-state index contributed by atoms with van der Waals surface area (Å²) in [6.07, 6.45) is 10.1. The zero-order chi connectivity index (χ0) is 13.2. The zero-order valence-corrected chi connectivity index (χ0v) is 12.9. The Bertz CT molecular complexity index is 540. The molecule has 0 radical (unpaired) electrons. The van der Waals surface area contributed by atoms with Crippen molar-refractivity contribution in [1.82, 2.24) is 9.38 Å². The number of anilines is 1. The molecule has 0 saturated heterocycles. The highest BCUT2D eigenvalue weighted by molar-refractivity contribution is 7.15. The Morgan fingerprint density at radius 2 is 2.11 bits per heavy atom. The third-order valence-electron chi connectivity index (χ3n) is 4.17. The molecule has 19 heavy (non-hydrogen) atoms. The van der Waals surface area contributed by atoms with Gasteiger partial charge in [-0.25, -0.2) is 4.98 Å². The van der Waals surface area contributed by atoms with Crippen LogP contribution in [0.15, 0.2) is 11.6 Å². The highest BCUT2D eigenvalue weighted by atomic mass is 35.5. The summed E-state index contributed by atoms with van der Waals surface area (Å²) >= 11 is 7.81. The summed E-state index contributed by atoms with van der Waals surface area (Å²) in [5.41, 5.74) is 1.13. The maximum atomic E-state index is 6.14. The maximum Gasteiger partial charge on any atom is 0.195 e. The van der Waals surface area contributed by atoms with Gasteiger partial charge in [-0.2, -0.15) is 0 Å². The first-order valence-electron chi connectivity index (χ1n) is 7.04. The summed E-state index contributed by atoms with van der Waals surface area (Å²) in [4.78, 5) is 8.18. The lowest BCUT2D eigenvalue weighted by Gasteiger charge is -2.28. The van der Waals surface area contributed by atoms with Gasteiger partial charge in [0.05, 0.1) is 11.6 Å². The number of hydrogen-bond donors (Lipinski definition) is 0. The second-order valence-electron chi connectivity index (χ2n) is 5.33. The van der Waals surface area contributed by atoms with Crippen LogP contribution < -0.4 is 4.90 Å². The number of nitrogens with zero attached hydrogens (tertiary/aromatic N) is 3. The SMILES string of the molecule is CN(c1nc2sccn2c1CCl)C1CCCCCC1. The topological polar surface area (TPSA) is 20.5 Å². The van der Waals surface area contributed by atoms with Crippen molar-refractivity contribution in [3.63, 3.8) is 0 Å². The van der Waals surface area contributed by atoms with E-state index in [0.717, 1.165) is 16.5 Å². The molecule has 3 nitrogen and oxygen atoms in total. The van der Waals surface area contributed by atoms with E-state index < -0.39 is 0 Å². The quantitative estimate of drug-likeness (QED) is 0.622. The van der Waals surface area contributed by atoms with Crippen LogP contribution in [0.5, 0.6) is 0 Å². The van der Waals surface area contributed by atoms with Gasteiger partial charge in [-0.05, 0) is 12.8 Å². The molecule has 2 aromatic heterocycles. The van der Waals surface area contributed by atoms with E-state index in [1.165, 1.54) is 38.5 Å². The van der Waals surface area contributed by atoms with Crippen LogP contribution in [0, 0.1) is 0 Å². The van der Waals surface area contributed by atoms with Crippen molar-refractivity contribution in [2.75, 3.05) is 11.9 Å². The number of halogens is 1. The molecule has 1 fully saturated rings. The molecule has 0 amide bonds. The highest BCUT2D eigenvalue weighted by Crippen LogP contribution is 2.30. The van der Waals surface area contributed by atoms with Gasteiger partial charge in [0.2, 0.25) is 0 Å². The van der Waals surface area contributed by atoms with Crippen molar-refractivity contribution in [2.45, 2.75) is 50.4 Å². The van der Waals surface area contributed by atoms with Crippen LogP contribution in [-0.4, -0.2) is 22.5 Å². The molecule has 5 heteroatoms. The fourth-order valence-electron chi connectivity index (χ4n) is 3.05. The van der Waals surface area contributed by atoms with E-state index in [0.29, 0.717) is 11.9 Å². The Hall–Kier alpha value is -0.740. The summed E-state index contributed by atoms with van der Waals surface area (Å²) in [6.45, 7) is 0. The molecule has 3 rings (SSSR count). The van der Waals surface area contributed by atoms with Crippen LogP contribution in [0.4, 0.5) is 5.82 Å². The van der Waals surface area contributed by atoms with Gasteiger partial charge in [0.25, 0.3) is 0 Å². The maximum absolute atomic E-state index is 6.14. The number of thiazole rings is 1. The van der Waals surface area contributed by atoms with Gasteiger partial charge in [0.15, 0.2) is 10.8 Å². The first-order valence-corrected chi connectivity index (χ1v) is 8.46. The Morgan fingerprint density at radius 1 is 1.37 bits per heavy atom. The van der Waals surface area contributed by atoms with Crippen molar-refractivity contribution in [3.05, 3.63) is 17.3 Å². The van der Waals surface area contributed by atoms with Crippen LogP contribution in [0.25, 0.3) is 4.96 Å². The molecule has 0 unspecified atom stereocenters. The number of fused-ring (bicyclic) bond motifs is 1. The van der Waals surface area contributed by atoms with Gasteiger partial charge in [-0.1, -0.05) is 25.7 Å². The number of imidazole rings is 1. The molecule has 1 aliphatic rings. The first kappa shape index (κ1) is 13.3. The fourth-order valence-corrected chi connectivity index (χ4v) is 4.02. The van der Waals surface area contributed by atoms with Gasteiger partial charge >= 0.3 is 0 Å². The average Bonchev–Trinajstić information content (AvgIpc) is 2.88. The van der Waals surface area contributed by atoms with E-state index in [9.17, 15) is 0 Å². The van der Waals surface area contributed by atoms with Crippen molar-refractivity contribution in [2.24, 2.45) is 0 Å². The minimum absolute atomic E-state index is 0.518. The minimum atomic E-state index is 0.518. The summed E-state index contributed by atoms with van der Waals surface area (Å²) < 4.78 is 2.13. The summed E-state index contributed by atoms with van der Waals surface area (Å²) in [5, 5.41) is 2.06. The Labute approximate surface area is 123 Å². The first-order chi connectivity index (χ1) is 9.31. The summed E-state index contributed by atoms with van der Waals surface area (Å²) in [7, 11) is 2.18. The monoisotopic (exact) mass is 297 g/mol. The van der Waals surface area contributed by atoms with Gasteiger partial charge in [-0.15, -0.1) is 22.9 Å². The van der Waals surface area contributed by atoms with E-state index in [4.69, 9.17) is 16.6 Å². The van der Waals surface area contributed by atoms with E-state index in [1.807, 2.05) is 0 Å². The predicted octanol–water partition coefficient (Wildman–Crippen LogP) is 4.29. The molecule has 0 N–H and O–H groups in total. The van der Waals surface area contributed by atoms with Gasteiger partial charge in [-0.3, -0.25) is 4.40 Å². The number of aromatic nitrogens is 2. The van der Waals surface area contributed by atoms with Crippen molar-refractivity contribution in [3.8, 4) is 0 Å². The highest BCUT2D eigenvalue weighted by Gasteiger charge is 2.22. The van der Waals surface area contributed by atoms with Crippen LogP contribution >= 0.6 is 22.9 Å². The lowest BCUT2D eigenvalue weighted by molar-refractivity contribution is 0.549. The van der Waals surface area contributed by atoms with E-state index in [2.05, 4.69) is 27.9 Å². The second-order valence-corrected chi connectivity index (χ2v) is 6.47. The van der Waals surface area contributed by atoms with E-state index in [1.54, 1.807) is 11.3 Å². The van der Waals surface area contributed by atoms with Crippen LogP contribution in [-0.2, 0) is 5.88 Å². The van der Waals surface area contributed by atoms with Crippen LogP contribution in [0.3, 0.4) is 0 Å². The molecular weight excluding hydrogens is 278 g/mol. The third kappa shape index (κ3) is 2.48. The Kier molecular flexibility index (Phi) is 3.99. The molecule has 0 atom stereocenters. The molecule has 104 valence electrons. The summed E-state index contributed by atoms with van der Waals surface area (Å²) in [6, 6.07) is 0.620. The van der Waals surface area contributed by atoms with E-state index >= 15 is 0 Å². The Balaban J connectivity index is 1.91. The lowest BCUT2D eigenvalue weighted by Crippen LogP contribution is -2.32. The third-order valence-corrected chi connectivity index (χ3v) is 5.18. The van der Waals surface area contributed by atoms with Crippen molar-refractivity contribution < 1.29 is 0 Å². The van der Waals surface area contributed by atoms with E-state index in [-0.39, 0.29) is 0 Å². The van der Waals surface area contributed by atoms with Gasteiger partial charge < -0.3 is 4.90 Å². The van der Waals surface area contributed by atoms with Gasteiger partial charge in [0.1, 0.15) is 0 Å². The molecule has 0 bridgehead atoms. The lowest BCUT2D eigenvalue weighted by atomic mass is 10.1. The molecule has 1 aliphatic carbocycles. The predicted molar refractivity (Wildman–Crippen MR) is 82.5 cm³/mol. The molecule has 0 aliphatic heterocycles. The second kappa shape index (κ2) is 5.71. The zero-order valence-electron chi connectivity index (χ0n) is 11.3. The molecule has 1 saturated carbocycles. The number of alkyl halides is 1. The Morgan fingerprint density at radius 3 is 2.79 bits per heavy atom. The fraction of sp³-hybridized carbons (Fsp3) is 0.643. The molecule has 2 aromatic rings. The molecule has 0 spiro atoms. The standard InChI is InChI=1S/C14H20ClN3S/c1-17(11-6-4-2-3-5-7-11)13-12(10-15)18-8-9-19-14(18)16-13/h8-9,11H,2-7,10H2,1H3. The summed E-state index contributed by atoms with van der Waals surface area (Å²) in [5.74, 6) is 1.60. The van der Waals surface area contributed by atoms with Crippen molar-refractivity contribution >= 4 is 33.7 Å². The van der Waals surface area contributed by atoms with Crippen LogP contribution in [0.1, 0.15) is 44.2 Å². The normalized spacial score (nSPS) is 17.8.